The molecule has 4 rings (SSSR count). The van der Waals surface area contributed by atoms with Gasteiger partial charge in [-0.05, 0) is 12.5 Å². The minimum atomic E-state index is -0.888. The van der Waals surface area contributed by atoms with Crippen LogP contribution >= 0.6 is 0 Å². The molecule has 0 heterocycles. The summed E-state index contributed by atoms with van der Waals surface area (Å²) in [5, 5.41) is 0. The summed E-state index contributed by atoms with van der Waals surface area (Å²) in [7, 11) is 0. The minimum absolute atomic E-state index is 0.540. The molecule has 0 aliphatic rings. The average Bonchev–Trinajstić information content (AvgIpc) is 2.85. The Labute approximate surface area is 183 Å². The van der Waals surface area contributed by atoms with E-state index in [-0.39, 0.29) is 0 Å². The maximum Gasteiger partial charge on any atom is 0.184 e. The number of carbonyl (C=O) groups excluding carboxylic acids is 1. The van der Waals surface area contributed by atoms with Crippen LogP contribution in [0.1, 0.15) is 32.6 Å². The summed E-state index contributed by atoms with van der Waals surface area (Å²) in [6.45, 7) is 3.87. The molecule has 0 radical (unpaired) electrons. The third kappa shape index (κ3) is 3.93. The molecular weight excluding hydrogens is 380 g/mol. The molecular formula is C29H24O2. The number of allylic oxidation sites excluding steroid dienone is 1. The van der Waals surface area contributed by atoms with Crippen molar-refractivity contribution < 1.29 is 9.53 Å². The number of aldehydes is 1. The highest BCUT2D eigenvalue weighted by Crippen LogP contribution is 2.42. The number of hydrogen-bond donors (Lipinski definition) is 0. The Morgan fingerprint density at radius 2 is 1.16 bits per heavy atom. The Balaban J connectivity index is 2.02. The minimum Gasteiger partial charge on any atom is -0.473 e. The van der Waals surface area contributed by atoms with Gasteiger partial charge in [0.2, 0.25) is 0 Å². The zero-order valence-electron chi connectivity index (χ0n) is 17.3. The molecule has 4 aromatic carbocycles. The predicted molar refractivity (Wildman–Crippen MR) is 126 cm³/mol. The van der Waals surface area contributed by atoms with Crippen LogP contribution in [0.3, 0.4) is 0 Å². The van der Waals surface area contributed by atoms with Gasteiger partial charge >= 0.3 is 0 Å². The van der Waals surface area contributed by atoms with Gasteiger partial charge in [0, 0.05) is 27.8 Å². The van der Waals surface area contributed by atoms with E-state index < -0.39 is 5.60 Å². The summed E-state index contributed by atoms with van der Waals surface area (Å²) in [4.78, 5) is 11.7. The van der Waals surface area contributed by atoms with Crippen molar-refractivity contribution in [2.45, 2.75) is 12.0 Å². The van der Waals surface area contributed by atoms with E-state index in [0.717, 1.165) is 28.5 Å². The second-order valence-electron chi connectivity index (χ2n) is 7.32. The molecule has 0 spiro atoms. The number of benzene rings is 4. The number of hydrogen-bond acceptors (Lipinski definition) is 2. The van der Waals surface area contributed by atoms with Crippen molar-refractivity contribution in [2.75, 3.05) is 0 Å². The normalized spacial score (nSPS) is 11.0. The maximum absolute atomic E-state index is 11.7. The standard InChI is InChI=1S/C29H24O2/c1-2-13-27-23(22-30)14-12-21-28(27)31-29(24-15-6-3-7-16-24,25-17-8-4-9-18-25)26-19-10-5-11-20-26/h2-12,14-22H,1,13H2. The fourth-order valence-corrected chi connectivity index (χ4v) is 4.01. The van der Waals surface area contributed by atoms with Gasteiger partial charge in [0.1, 0.15) is 12.0 Å². The van der Waals surface area contributed by atoms with Gasteiger partial charge in [-0.15, -0.1) is 6.58 Å². The molecule has 0 fully saturated rings. The lowest BCUT2D eigenvalue weighted by atomic mass is 9.80. The molecule has 0 aliphatic carbocycles. The molecule has 0 atom stereocenters. The highest BCUT2D eigenvalue weighted by Gasteiger charge is 2.39. The molecule has 0 saturated heterocycles. The van der Waals surface area contributed by atoms with Gasteiger partial charge in [-0.25, -0.2) is 0 Å². The highest BCUT2D eigenvalue weighted by atomic mass is 16.5. The summed E-state index contributed by atoms with van der Waals surface area (Å²) >= 11 is 0. The average molecular weight is 405 g/mol. The molecule has 152 valence electrons. The summed E-state index contributed by atoms with van der Waals surface area (Å²) in [6.07, 6.45) is 3.21. The Morgan fingerprint density at radius 1 is 0.677 bits per heavy atom. The van der Waals surface area contributed by atoms with Gasteiger partial charge in [-0.3, -0.25) is 4.79 Å². The zero-order valence-corrected chi connectivity index (χ0v) is 17.3. The number of rotatable bonds is 8. The quantitative estimate of drug-likeness (QED) is 0.188. The molecule has 4 aromatic rings. The molecule has 0 saturated carbocycles. The van der Waals surface area contributed by atoms with Crippen LogP contribution < -0.4 is 4.74 Å². The topological polar surface area (TPSA) is 26.3 Å². The molecule has 0 amide bonds. The van der Waals surface area contributed by atoms with E-state index in [1.54, 1.807) is 6.08 Å². The third-order valence-corrected chi connectivity index (χ3v) is 5.45. The monoisotopic (exact) mass is 404 g/mol. The van der Waals surface area contributed by atoms with Crippen LogP contribution in [0.2, 0.25) is 0 Å². The molecule has 0 aliphatic heterocycles. The molecule has 2 nitrogen and oxygen atoms in total. The summed E-state index contributed by atoms with van der Waals surface area (Å²) in [6, 6.07) is 36.2. The first-order chi connectivity index (χ1) is 15.3. The predicted octanol–water partition coefficient (Wildman–Crippen LogP) is 6.60. The second kappa shape index (κ2) is 9.27. The van der Waals surface area contributed by atoms with Crippen molar-refractivity contribution in [3.8, 4) is 5.75 Å². The van der Waals surface area contributed by atoms with Gasteiger partial charge in [-0.2, -0.15) is 0 Å². The summed E-state index contributed by atoms with van der Waals surface area (Å²) < 4.78 is 6.98. The fraction of sp³-hybridized carbons (Fsp3) is 0.0690. The van der Waals surface area contributed by atoms with Crippen LogP contribution in [-0.2, 0) is 12.0 Å². The van der Waals surface area contributed by atoms with Crippen LogP contribution in [0.25, 0.3) is 0 Å². The summed E-state index contributed by atoms with van der Waals surface area (Å²) in [5.41, 5.74) is 3.58. The molecule has 0 unspecified atom stereocenters. The van der Waals surface area contributed by atoms with Crippen LogP contribution in [0.15, 0.2) is 122 Å². The van der Waals surface area contributed by atoms with E-state index >= 15 is 0 Å². The van der Waals surface area contributed by atoms with Crippen LogP contribution in [0.4, 0.5) is 0 Å². The van der Waals surface area contributed by atoms with Gasteiger partial charge in [0.05, 0.1) is 0 Å². The van der Waals surface area contributed by atoms with Gasteiger partial charge in [0.15, 0.2) is 5.60 Å². The second-order valence-corrected chi connectivity index (χ2v) is 7.32. The first-order valence-corrected chi connectivity index (χ1v) is 10.3. The fourth-order valence-electron chi connectivity index (χ4n) is 4.01. The van der Waals surface area contributed by atoms with Crippen molar-refractivity contribution >= 4 is 6.29 Å². The lowest BCUT2D eigenvalue weighted by Crippen LogP contribution is -2.36. The van der Waals surface area contributed by atoms with Crippen LogP contribution in [0, 0.1) is 0 Å². The lowest BCUT2D eigenvalue weighted by Gasteiger charge is -2.37. The molecule has 31 heavy (non-hydrogen) atoms. The van der Waals surface area contributed by atoms with Crippen molar-refractivity contribution in [3.05, 3.63) is 150 Å². The van der Waals surface area contributed by atoms with E-state index in [0.29, 0.717) is 17.7 Å². The van der Waals surface area contributed by atoms with Crippen molar-refractivity contribution in [3.63, 3.8) is 0 Å². The summed E-state index contributed by atoms with van der Waals surface area (Å²) in [5.74, 6) is 0.668. The molecule has 0 bridgehead atoms. The van der Waals surface area contributed by atoms with Crippen molar-refractivity contribution in [1.29, 1.82) is 0 Å². The van der Waals surface area contributed by atoms with E-state index in [1.165, 1.54) is 0 Å². The van der Waals surface area contributed by atoms with Crippen molar-refractivity contribution in [1.82, 2.24) is 0 Å². The Bertz CT molecular complexity index is 1050. The van der Waals surface area contributed by atoms with Gasteiger partial charge in [0.25, 0.3) is 0 Å². The van der Waals surface area contributed by atoms with Crippen LogP contribution in [0.5, 0.6) is 5.75 Å². The van der Waals surface area contributed by atoms with Crippen molar-refractivity contribution in [2.24, 2.45) is 0 Å². The number of ether oxygens (including phenoxy) is 1. The SMILES string of the molecule is C=CCc1c(C=O)cccc1OC(c1ccccc1)(c1ccccc1)c1ccccc1. The van der Waals surface area contributed by atoms with E-state index in [2.05, 4.69) is 43.0 Å². The zero-order chi connectivity index (χ0) is 21.5. The van der Waals surface area contributed by atoms with Gasteiger partial charge in [-0.1, -0.05) is 109 Å². The Morgan fingerprint density at radius 3 is 1.58 bits per heavy atom. The largest absolute Gasteiger partial charge is 0.473 e. The lowest BCUT2D eigenvalue weighted by molar-refractivity contribution is 0.112. The smallest absolute Gasteiger partial charge is 0.184 e. The third-order valence-electron chi connectivity index (χ3n) is 5.45. The van der Waals surface area contributed by atoms with E-state index in [9.17, 15) is 4.79 Å². The first-order valence-electron chi connectivity index (χ1n) is 10.3. The van der Waals surface area contributed by atoms with E-state index in [4.69, 9.17) is 4.74 Å². The van der Waals surface area contributed by atoms with E-state index in [1.807, 2.05) is 72.8 Å². The first kappa shape index (κ1) is 20.4. The molecule has 0 N–H and O–H groups in total. The molecule has 2 heteroatoms. The molecule has 0 aromatic heterocycles. The van der Waals surface area contributed by atoms with Crippen LogP contribution in [-0.4, -0.2) is 6.29 Å². The number of carbonyl (C=O) groups is 1. The highest BCUT2D eigenvalue weighted by molar-refractivity contribution is 5.79. The maximum atomic E-state index is 11.7. The Kier molecular flexibility index (Phi) is 6.09. The van der Waals surface area contributed by atoms with Gasteiger partial charge < -0.3 is 4.74 Å². The Hall–Kier alpha value is -3.91.